The zero-order valence-electron chi connectivity index (χ0n) is 41.2. The predicted molar refractivity (Wildman–Crippen MR) is 225 cm³/mol. The number of hydrogen-bond acceptors (Lipinski definition) is 4. The van der Waals surface area contributed by atoms with E-state index >= 15 is 0 Å². The second-order valence-corrected chi connectivity index (χ2v) is 15.3. The molecule has 0 N–H and O–H groups in total. The Bertz CT molecular complexity index is 3110. The van der Waals surface area contributed by atoms with E-state index in [1.807, 2.05) is 38.1 Å². The van der Waals surface area contributed by atoms with E-state index in [2.05, 4.69) is 79.7 Å². The molecule has 55 heavy (non-hydrogen) atoms. The van der Waals surface area contributed by atoms with Crippen LogP contribution < -0.4 is 9.13 Å². The molecule has 0 spiro atoms. The number of furan rings is 2. The summed E-state index contributed by atoms with van der Waals surface area (Å²) in [6, 6.07) is 19.7. The van der Waals surface area contributed by atoms with Crippen LogP contribution >= 0.6 is 0 Å². The molecule has 6 heteroatoms. The van der Waals surface area contributed by atoms with Crippen LogP contribution in [-0.4, -0.2) is 9.97 Å². The van der Waals surface area contributed by atoms with E-state index in [4.69, 9.17) is 19.8 Å². The van der Waals surface area contributed by atoms with Crippen LogP contribution in [0, 0.1) is 41.5 Å². The molecule has 1 saturated carbocycles. The molecule has 0 atom stereocenters. The van der Waals surface area contributed by atoms with Gasteiger partial charge >= 0.3 is 0 Å². The summed E-state index contributed by atoms with van der Waals surface area (Å²) in [6.07, 6.45) is 0.207. The second kappa shape index (κ2) is 14.4. The van der Waals surface area contributed by atoms with Gasteiger partial charge in [0, 0.05) is 73.1 Å². The van der Waals surface area contributed by atoms with Crippen LogP contribution in [0.2, 0.25) is 0 Å². The molecule has 6 aromatic heterocycles. The van der Waals surface area contributed by atoms with Crippen LogP contribution in [0.4, 0.5) is 0 Å². The van der Waals surface area contributed by atoms with E-state index in [0.717, 1.165) is 49.8 Å². The summed E-state index contributed by atoms with van der Waals surface area (Å²) >= 11 is 0. The Balaban J connectivity index is 0.000000184. The van der Waals surface area contributed by atoms with Gasteiger partial charge in [-0.3, -0.25) is 0 Å². The molecule has 1 fully saturated rings. The number of nitrogens with zero attached hydrogens (tertiary/aromatic N) is 4. The Kier molecular flexibility index (Phi) is 7.34. The first-order chi connectivity index (χ1) is 29.4. The maximum atomic E-state index is 9.01. The van der Waals surface area contributed by atoms with Crippen molar-refractivity contribution in [2.75, 3.05) is 0 Å². The molecule has 0 saturated heterocycles. The van der Waals surface area contributed by atoms with Crippen LogP contribution in [-0.2, 0) is 14.1 Å². The fourth-order valence-corrected chi connectivity index (χ4v) is 7.89. The Morgan fingerprint density at radius 1 is 0.655 bits per heavy atom. The quantitative estimate of drug-likeness (QED) is 0.169. The third kappa shape index (κ3) is 6.60. The summed E-state index contributed by atoms with van der Waals surface area (Å²) in [5, 5.41) is 3.66. The average Bonchev–Trinajstić information content (AvgIpc) is 3.75. The van der Waals surface area contributed by atoms with Crippen molar-refractivity contribution >= 4 is 44.1 Å². The third-order valence-corrected chi connectivity index (χ3v) is 10.9. The van der Waals surface area contributed by atoms with Crippen molar-refractivity contribution in [3.63, 3.8) is 0 Å². The van der Waals surface area contributed by atoms with E-state index in [1.54, 1.807) is 36.9 Å². The van der Waals surface area contributed by atoms with E-state index in [-0.39, 0.29) is 29.8 Å². The lowest BCUT2D eigenvalue weighted by Crippen LogP contribution is -2.32. The number of fused-ring (bicyclic) bond motifs is 6. The fourth-order valence-electron chi connectivity index (χ4n) is 7.89. The maximum absolute atomic E-state index is 9.01. The molecule has 0 radical (unpaired) electrons. The van der Waals surface area contributed by atoms with Gasteiger partial charge < -0.3 is 8.83 Å². The van der Waals surface area contributed by atoms with Crippen LogP contribution in [0.25, 0.3) is 66.7 Å². The molecule has 6 nitrogen and oxygen atoms in total. The van der Waals surface area contributed by atoms with Crippen molar-refractivity contribution in [3.8, 4) is 22.5 Å². The lowest BCUT2D eigenvalue weighted by molar-refractivity contribution is -0.661. The Morgan fingerprint density at radius 2 is 1.20 bits per heavy atom. The molecule has 9 rings (SSSR count). The van der Waals surface area contributed by atoms with Gasteiger partial charge in [0.1, 0.15) is 14.1 Å². The number of rotatable bonds is 4. The summed E-state index contributed by atoms with van der Waals surface area (Å²) < 4.78 is 83.0. The zero-order valence-corrected chi connectivity index (χ0v) is 33.2. The monoisotopic (exact) mass is 738 g/mol. The fraction of sp³-hybridized carbons (Fsp3) is 0.347. The normalized spacial score (nSPS) is 18.5. The van der Waals surface area contributed by atoms with Gasteiger partial charge in [-0.15, -0.1) is 0 Å². The van der Waals surface area contributed by atoms with Crippen molar-refractivity contribution in [1.29, 1.82) is 0 Å². The largest absolute Gasteiger partial charge is 0.437 e. The van der Waals surface area contributed by atoms with Gasteiger partial charge in [-0.25, -0.2) is 19.1 Å². The van der Waals surface area contributed by atoms with Crippen LogP contribution in [0.15, 0.2) is 81.9 Å². The van der Waals surface area contributed by atoms with E-state index in [1.165, 1.54) is 22.4 Å². The first-order valence-electron chi connectivity index (χ1n) is 23.1. The molecule has 0 unspecified atom stereocenters. The number of aromatic nitrogens is 4. The highest BCUT2D eigenvalue weighted by Crippen LogP contribution is 2.40. The second-order valence-electron chi connectivity index (χ2n) is 15.3. The van der Waals surface area contributed by atoms with Gasteiger partial charge in [0.2, 0.25) is 22.8 Å². The first kappa shape index (κ1) is 28.1. The molecule has 1 aliphatic carbocycles. The summed E-state index contributed by atoms with van der Waals surface area (Å²) in [7, 11) is 3.91. The van der Waals surface area contributed by atoms with Crippen LogP contribution in [0.5, 0.6) is 0 Å². The standard InChI is InChI=1S/C26H29N2O.C23H25N2O/c1-16-10-11-20-21-12-13-22(19-8-6-5-7-9-19)27-26(21)29-25(20)24(16)23-14-17(2)18(3)15-28(23)4;1-13(2)19-12-25(6)20(11-15(19)4)21-14(3)7-9-17-18-10-8-16(5)24-23(18)26-22(17)21/h10-15,19H,5-9H2,1-4H3;7-13H,1-6H3/q2*+1/i3D3,8D2,9D2,19D;. The molecule has 0 aliphatic heterocycles. The highest BCUT2D eigenvalue weighted by Gasteiger charge is 2.25. The maximum Gasteiger partial charge on any atom is 0.227 e. The van der Waals surface area contributed by atoms with Crippen LogP contribution in [0.3, 0.4) is 0 Å². The molecular weight excluding hydrogens is 677 g/mol. The third-order valence-electron chi connectivity index (χ3n) is 10.9. The van der Waals surface area contributed by atoms with E-state index in [9.17, 15) is 0 Å². The minimum Gasteiger partial charge on any atom is -0.437 e. The number of benzene rings is 2. The lowest BCUT2D eigenvalue weighted by atomic mass is 9.86. The minimum absolute atomic E-state index is 0.00968. The average molecular weight is 739 g/mol. The summed E-state index contributed by atoms with van der Waals surface area (Å²) in [5.74, 6) is -1.68. The van der Waals surface area contributed by atoms with Crippen LogP contribution in [0.1, 0.15) is 113 Å². The molecule has 8 aromatic rings. The molecule has 0 amide bonds. The van der Waals surface area contributed by atoms with Crippen molar-refractivity contribution < 1.29 is 28.9 Å². The number of hydrogen-bond donors (Lipinski definition) is 0. The predicted octanol–water partition coefficient (Wildman–Crippen LogP) is 12.0. The van der Waals surface area contributed by atoms with Crippen molar-refractivity contribution in [3.05, 3.63) is 118 Å². The van der Waals surface area contributed by atoms with Crippen molar-refractivity contribution in [2.45, 2.75) is 99.1 Å². The summed E-state index contributed by atoms with van der Waals surface area (Å²) in [4.78, 5) is 9.12. The van der Waals surface area contributed by atoms with Gasteiger partial charge in [0.05, 0.1) is 11.1 Å². The highest BCUT2D eigenvalue weighted by atomic mass is 16.3. The smallest absolute Gasteiger partial charge is 0.227 e. The number of pyridine rings is 4. The Hall–Kier alpha value is -5.36. The Labute approximate surface area is 336 Å². The molecule has 6 heterocycles. The minimum atomic E-state index is -2.23. The van der Waals surface area contributed by atoms with Gasteiger partial charge in [0.25, 0.3) is 0 Å². The summed E-state index contributed by atoms with van der Waals surface area (Å²) in [5.41, 5.74) is 13.0. The SMILES string of the molecule is Cc1ccc2c(n1)oc1c(-c3cc(C)c(C(C)C)c[n+]3C)c(C)ccc12.[2H]C([2H])([2H])c1c[n+](C)c(-c2c(C)ccc3c2oc2nc(C4([2H])C([2H])([2H])CCCC4([2H])[2H])ccc23)cc1C. The topological polar surface area (TPSA) is 59.8 Å². The zero-order chi connectivity index (χ0) is 45.7. The van der Waals surface area contributed by atoms with Gasteiger partial charge in [-0.05, 0) is 107 Å². The highest BCUT2D eigenvalue weighted by molar-refractivity contribution is 6.09. The molecule has 2 aromatic carbocycles. The molecule has 0 bridgehead atoms. The Morgan fingerprint density at radius 3 is 1.80 bits per heavy atom. The van der Waals surface area contributed by atoms with Gasteiger partial charge in [-0.1, -0.05) is 57.4 Å². The van der Waals surface area contributed by atoms with Gasteiger partial charge in [0.15, 0.2) is 23.6 Å². The summed E-state index contributed by atoms with van der Waals surface area (Å²) in [6.45, 7) is 12.3. The van der Waals surface area contributed by atoms with Crippen molar-refractivity contribution in [1.82, 2.24) is 9.97 Å². The number of aryl methyl sites for hydroxylation is 8. The van der Waals surface area contributed by atoms with E-state index < -0.39 is 25.5 Å². The van der Waals surface area contributed by atoms with Gasteiger partial charge in [-0.2, -0.15) is 0 Å². The van der Waals surface area contributed by atoms with Crippen molar-refractivity contribution in [2.24, 2.45) is 14.1 Å². The first-order valence-corrected chi connectivity index (χ1v) is 19.1. The lowest BCUT2D eigenvalue weighted by Gasteiger charge is -2.20. The molecular formula is C49H54N4O2+2. The molecule has 1 aliphatic rings. The van der Waals surface area contributed by atoms with E-state index in [0.29, 0.717) is 34.6 Å². The molecule has 280 valence electrons.